The van der Waals surface area contributed by atoms with Crippen LogP contribution in [0.25, 0.3) is 99.3 Å². The SMILES string of the molecule is c1ccc(-n2c3ccccc3c3cc(-c4ccc5c(c4)c4ccccc4n5-c4nc5ccccc5nc4-c4cccc5ccccc45)ccc32)cc1. The monoisotopic (exact) mass is 662 g/mol. The topological polar surface area (TPSA) is 35.6 Å². The van der Waals surface area contributed by atoms with Gasteiger partial charge >= 0.3 is 0 Å². The fourth-order valence-electron chi connectivity index (χ4n) is 8.15. The number of para-hydroxylation sites is 5. The van der Waals surface area contributed by atoms with Crippen LogP contribution in [0.15, 0.2) is 182 Å². The molecule has 3 aromatic heterocycles. The second-order valence-corrected chi connectivity index (χ2v) is 13.4. The van der Waals surface area contributed by atoms with Crippen molar-refractivity contribution in [2.24, 2.45) is 0 Å². The van der Waals surface area contributed by atoms with E-state index in [1.54, 1.807) is 0 Å². The zero-order valence-electron chi connectivity index (χ0n) is 28.1. The van der Waals surface area contributed by atoms with Gasteiger partial charge in [-0.1, -0.05) is 121 Å². The minimum absolute atomic E-state index is 0.823. The molecule has 0 saturated carbocycles. The molecule has 0 aliphatic rings. The van der Waals surface area contributed by atoms with E-state index < -0.39 is 0 Å². The molecule has 0 aliphatic carbocycles. The molecule has 0 N–H and O–H groups in total. The molecule has 3 heterocycles. The second kappa shape index (κ2) is 11.2. The van der Waals surface area contributed by atoms with Gasteiger partial charge in [0.1, 0.15) is 5.69 Å². The Bertz CT molecular complexity index is 3180. The molecule has 0 atom stereocenters. The molecule has 4 heteroatoms. The van der Waals surface area contributed by atoms with Crippen molar-refractivity contribution in [3.05, 3.63) is 182 Å². The number of hydrogen-bond donors (Lipinski definition) is 0. The van der Waals surface area contributed by atoms with Crippen molar-refractivity contribution in [1.82, 2.24) is 19.1 Å². The summed E-state index contributed by atoms with van der Waals surface area (Å²) in [4.78, 5) is 10.7. The van der Waals surface area contributed by atoms with Gasteiger partial charge in [0.2, 0.25) is 0 Å². The summed E-state index contributed by atoms with van der Waals surface area (Å²) >= 11 is 0. The van der Waals surface area contributed by atoms with E-state index in [2.05, 4.69) is 173 Å². The second-order valence-electron chi connectivity index (χ2n) is 13.4. The average molecular weight is 663 g/mol. The maximum atomic E-state index is 5.37. The molecule has 0 spiro atoms. The molecule has 11 aromatic rings. The van der Waals surface area contributed by atoms with E-state index in [-0.39, 0.29) is 0 Å². The van der Waals surface area contributed by atoms with Crippen molar-refractivity contribution in [3.63, 3.8) is 0 Å². The Labute approximate surface area is 299 Å². The van der Waals surface area contributed by atoms with Crippen LogP contribution in [0.1, 0.15) is 0 Å². The minimum atomic E-state index is 0.823. The summed E-state index contributed by atoms with van der Waals surface area (Å²) in [5.74, 6) is 0.823. The Balaban J connectivity index is 1.15. The highest BCUT2D eigenvalue weighted by Gasteiger charge is 2.21. The van der Waals surface area contributed by atoms with Crippen LogP contribution in [0, 0.1) is 0 Å². The van der Waals surface area contributed by atoms with Crippen LogP contribution in [0.4, 0.5) is 0 Å². The van der Waals surface area contributed by atoms with Gasteiger partial charge in [0.25, 0.3) is 0 Å². The van der Waals surface area contributed by atoms with Crippen LogP contribution in [0.5, 0.6) is 0 Å². The van der Waals surface area contributed by atoms with Gasteiger partial charge in [0, 0.05) is 32.8 Å². The van der Waals surface area contributed by atoms with E-state index in [1.165, 1.54) is 49.1 Å². The molecule has 4 nitrogen and oxygen atoms in total. The normalized spacial score (nSPS) is 11.8. The van der Waals surface area contributed by atoms with Gasteiger partial charge in [-0.25, -0.2) is 9.97 Å². The molecule has 11 rings (SSSR count). The van der Waals surface area contributed by atoms with E-state index in [9.17, 15) is 0 Å². The predicted octanol–water partition coefficient (Wildman–Crippen LogP) is 12.3. The van der Waals surface area contributed by atoms with Gasteiger partial charge in [0.05, 0.1) is 33.1 Å². The van der Waals surface area contributed by atoms with Gasteiger partial charge in [-0.3, -0.25) is 4.57 Å². The lowest BCUT2D eigenvalue weighted by Crippen LogP contribution is -2.04. The summed E-state index contributed by atoms with van der Waals surface area (Å²) < 4.78 is 4.67. The van der Waals surface area contributed by atoms with Gasteiger partial charge < -0.3 is 4.57 Å². The third kappa shape index (κ3) is 4.28. The van der Waals surface area contributed by atoms with Gasteiger partial charge in [-0.05, 0) is 82.6 Å². The first kappa shape index (κ1) is 28.8. The average Bonchev–Trinajstić information content (AvgIpc) is 3.72. The number of aromatic nitrogens is 4. The first-order valence-corrected chi connectivity index (χ1v) is 17.7. The Kier molecular flexibility index (Phi) is 6.22. The first-order chi connectivity index (χ1) is 25.8. The number of benzene rings is 8. The number of hydrogen-bond acceptors (Lipinski definition) is 2. The van der Waals surface area contributed by atoms with E-state index in [4.69, 9.17) is 9.97 Å². The Morgan fingerprint density at radius 2 is 0.865 bits per heavy atom. The molecule has 0 bridgehead atoms. The molecule has 0 fully saturated rings. The van der Waals surface area contributed by atoms with Crippen molar-refractivity contribution >= 4 is 65.4 Å². The van der Waals surface area contributed by atoms with E-state index in [1.807, 2.05) is 18.2 Å². The Hall–Kier alpha value is -7.04. The zero-order valence-corrected chi connectivity index (χ0v) is 28.1. The van der Waals surface area contributed by atoms with Gasteiger partial charge in [0.15, 0.2) is 5.82 Å². The number of nitrogens with zero attached hydrogens (tertiary/aromatic N) is 4. The third-order valence-corrected chi connectivity index (χ3v) is 10.5. The van der Waals surface area contributed by atoms with Crippen LogP contribution in [0.3, 0.4) is 0 Å². The van der Waals surface area contributed by atoms with E-state index in [0.717, 1.165) is 50.2 Å². The van der Waals surface area contributed by atoms with Crippen molar-refractivity contribution in [3.8, 4) is 33.9 Å². The van der Waals surface area contributed by atoms with Crippen molar-refractivity contribution < 1.29 is 0 Å². The summed E-state index contributed by atoms with van der Waals surface area (Å²) in [7, 11) is 0. The van der Waals surface area contributed by atoms with Crippen LogP contribution in [-0.4, -0.2) is 19.1 Å². The van der Waals surface area contributed by atoms with Crippen molar-refractivity contribution in [1.29, 1.82) is 0 Å². The highest BCUT2D eigenvalue weighted by Crippen LogP contribution is 2.40. The standard InChI is InChI=1S/C48H30N4/c1-2-15-34(16-3-1)51-43-23-10-6-18-36(43)39-29-32(25-27-45(39)51)33-26-28-46-40(30-33)37-19-7-11-24-44(37)52(46)48-47(49-41-21-8-9-22-42(41)50-48)38-20-12-14-31-13-4-5-17-35(31)38/h1-30H. The summed E-state index contributed by atoms with van der Waals surface area (Å²) in [6, 6.07) is 64.8. The maximum absolute atomic E-state index is 5.37. The molecule has 0 unspecified atom stereocenters. The molecule has 0 aliphatic heterocycles. The molecular formula is C48H30N4. The number of fused-ring (bicyclic) bond motifs is 8. The largest absolute Gasteiger partial charge is 0.309 e. The maximum Gasteiger partial charge on any atom is 0.165 e. The summed E-state index contributed by atoms with van der Waals surface area (Å²) in [6.45, 7) is 0. The Morgan fingerprint density at radius 1 is 0.346 bits per heavy atom. The van der Waals surface area contributed by atoms with Crippen LogP contribution < -0.4 is 0 Å². The highest BCUT2D eigenvalue weighted by atomic mass is 15.1. The lowest BCUT2D eigenvalue weighted by atomic mass is 10.0. The first-order valence-electron chi connectivity index (χ1n) is 17.7. The summed E-state index contributed by atoms with van der Waals surface area (Å²) in [5.41, 5.74) is 11.8. The molecule has 242 valence electrons. The van der Waals surface area contributed by atoms with Gasteiger partial charge in [-0.2, -0.15) is 0 Å². The highest BCUT2D eigenvalue weighted by molar-refractivity contribution is 6.13. The predicted molar refractivity (Wildman–Crippen MR) is 217 cm³/mol. The van der Waals surface area contributed by atoms with Gasteiger partial charge in [-0.15, -0.1) is 0 Å². The molecule has 52 heavy (non-hydrogen) atoms. The van der Waals surface area contributed by atoms with Crippen LogP contribution in [-0.2, 0) is 0 Å². The number of rotatable bonds is 4. The quantitative estimate of drug-likeness (QED) is 0.188. The summed E-state index contributed by atoms with van der Waals surface area (Å²) in [5, 5.41) is 7.18. The fraction of sp³-hybridized carbons (Fsp3) is 0. The van der Waals surface area contributed by atoms with Crippen molar-refractivity contribution in [2.75, 3.05) is 0 Å². The fourth-order valence-corrected chi connectivity index (χ4v) is 8.15. The molecule has 0 amide bonds. The molecule has 0 saturated heterocycles. The molecular weight excluding hydrogens is 633 g/mol. The smallest absolute Gasteiger partial charge is 0.165 e. The van der Waals surface area contributed by atoms with E-state index >= 15 is 0 Å². The molecule has 8 aromatic carbocycles. The third-order valence-electron chi connectivity index (χ3n) is 10.5. The Morgan fingerprint density at radius 3 is 1.58 bits per heavy atom. The molecule has 0 radical (unpaired) electrons. The zero-order chi connectivity index (χ0) is 34.2. The van der Waals surface area contributed by atoms with Crippen LogP contribution in [0.2, 0.25) is 0 Å². The summed E-state index contributed by atoms with van der Waals surface area (Å²) in [6.07, 6.45) is 0. The van der Waals surface area contributed by atoms with Crippen LogP contribution >= 0.6 is 0 Å². The van der Waals surface area contributed by atoms with Crippen molar-refractivity contribution in [2.45, 2.75) is 0 Å². The minimum Gasteiger partial charge on any atom is -0.309 e. The van der Waals surface area contributed by atoms with E-state index in [0.29, 0.717) is 0 Å². The lowest BCUT2D eigenvalue weighted by Gasteiger charge is -2.15. The lowest BCUT2D eigenvalue weighted by molar-refractivity contribution is 1.08.